The van der Waals surface area contributed by atoms with Gasteiger partial charge in [-0.2, -0.15) is 4.99 Å². The number of fused-ring (bicyclic) bond motifs is 1. The number of rotatable bonds is 14. The summed E-state index contributed by atoms with van der Waals surface area (Å²) < 4.78 is 19.8. The number of esters is 1. The first kappa shape index (κ1) is 32.9. The molecule has 0 amide bonds. The molecule has 0 aliphatic heterocycles. The van der Waals surface area contributed by atoms with E-state index in [1.807, 2.05) is 32.2 Å². The molecule has 0 radical (unpaired) electrons. The average molecular weight is 645 g/mol. The Hall–Kier alpha value is -3.01. The highest BCUT2D eigenvalue weighted by atomic mass is 32.1. The number of benzene rings is 1. The van der Waals surface area contributed by atoms with Crippen molar-refractivity contribution >= 4 is 63.7 Å². The van der Waals surface area contributed by atoms with E-state index in [-0.39, 0.29) is 18.9 Å². The molecule has 0 aliphatic carbocycles. The molecule has 43 heavy (non-hydrogen) atoms. The van der Waals surface area contributed by atoms with Crippen molar-refractivity contribution in [2.45, 2.75) is 58.8 Å². The smallest absolute Gasteiger partial charge is 0.358 e. The molecule has 0 bridgehead atoms. The highest BCUT2D eigenvalue weighted by Gasteiger charge is 2.24. The third-order valence-corrected chi connectivity index (χ3v) is 10.6. The summed E-state index contributed by atoms with van der Waals surface area (Å²) in [5.74, 6) is 0.549. The van der Waals surface area contributed by atoms with Gasteiger partial charge in [-0.25, -0.2) is 9.78 Å². The first-order chi connectivity index (χ1) is 20.5. The lowest BCUT2D eigenvalue weighted by Gasteiger charge is -2.16. The van der Waals surface area contributed by atoms with E-state index in [1.165, 1.54) is 18.4 Å². The number of hydrogen-bond donors (Lipinski definition) is 1. The zero-order valence-electron chi connectivity index (χ0n) is 25.8. The SMILES string of the molecule is CCOC(=O)c1nc(N(C)c2cc(C)c(/N=c3\sc4ccccc4n3COCC[Si](C)(C)C)nn2)sc1CC(CO)OC. The van der Waals surface area contributed by atoms with E-state index < -0.39 is 20.1 Å². The van der Waals surface area contributed by atoms with E-state index in [2.05, 4.69) is 51.5 Å². The van der Waals surface area contributed by atoms with Crippen LogP contribution in [-0.4, -0.2) is 79.0 Å². The Morgan fingerprint density at radius 2 is 1.98 bits per heavy atom. The minimum atomic E-state index is -1.20. The molecular formula is C29H40N6O5S2Si. The van der Waals surface area contributed by atoms with Crippen LogP contribution in [0.15, 0.2) is 35.3 Å². The van der Waals surface area contributed by atoms with E-state index >= 15 is 0 Å². The minimum absolute atomic E-state index is 0.179. The Labute approximate surface area is 260 Å². The quantitative estimate of drug-likeness (QED) is 0.111. The Bertz CT molecular complexity index is 1610. The van der Waals surface area contributed by atoms with Gasteiger partial charge in [0.2, 0.25) is 0 Å². The van der Waals surface area contributed by atoms with Crippen LogP contribution in [0.2, 0.25) is 25.7 Å². The molecule has 4 aromatic rings. The summed E-state index contributed by atoms with van der Waals surface area (Å²) in [5.41, 5.74) is 2.11. The van der Waals surface area contributed by atoms with E-state index in [4.69, 9.17) is 19.2 Å². The summed E-state index contributed by atoms with van der Waals surface area (Å²) in [5, 5.41) is 19.1. The van der Waals surface area contributed by atoms with Gasteiger partial charge in [0.25, 0.3) is 0 Å². The molecule has 4 rings (SSSR count). The van der Waals surface area contributed by atoms with Crippen LogP contribution in [-0.2, 0) is 27.4 Å². The topological polar surface area (TPSA) is 124 Å². The number of hydrogen-bond acceptors (Lipinski definition) is 12. The third-order valence-electron chi connectivity index (χ3n) is 6.69. The summed E-state index contributed by atoms with van der Waals surface area (Å²) in [6.07, 6.45) is -0.135. The zero-order valence-corrected chi connectivity index (χ0v) is 28.4. The van der Waals surface area contributed by atoms with E-state index in [1.54, 1.807) is 23.2 Å². The fraction of sp³-hybridized carbons (Fsp3) is 0.483. The molecule has 1 aromatic carbocycles. The second-order valence-corrected chi connectivity index (χ2v) is 18.9. The second-order valence-electron chi connectivity index (χ2n) is 11.2. The Morgan fingerprint density at radius 1 is 1.21 bits per heavy atom. The molecule has 0 fully saturated rings. The maximum Gasteiger partial charge on any atom is 0.358 e. The lowest BCUT2D eigenvalue weighted by molar-refractivity contribution is 0.0472. The molecule has 232 valence electrons. The summed E-state index contributed by atoms with van der Waals surface area (Å²) >= 11 is 2.91. The normalized spacial score (nSPS) is 13.1. The van der Waals surface area contributed by atoms with Gasteiger partial charge in [0, 0.05) is 40.1 Å². The molecular weight excluding hydrogens is 605 g/mol. The molecule has 0 aliphatic rings. The molecule has 3 heterocycles. The van der Waals surface area contributed by atoms with Gasteiger partial charge in [-0.15, -0.1) is 21.5 Å². The zero-order chi connectivity index (χ0) is 31.1. The molecule has 1 atom stereocenters. The van der Waals surface area contributed by atoms with E-state index in [9.17, 15) is 9.90 Å². The van der Waals surface area contributed by atoms with Crippen molar-refractivity contribution in [2.75, 3.05) is 38.9 Å². The number of methoxy groups -OCH3 is 1. The van der Waals surface area contributed by atoms with Gasteiger partial charge in [0.1, 0.15) is 6.73 Å². The predicted molar refractivity (Wildman–Crippen MR) is 174 cm³/mol. The molecule has 0 spiro atoms. The number of ether oxygens (including phenoxy) is 3. The van der Waals surface area contributed by atoms with Gasteiger partial charge in [0.05, 0.1) is 29.5 Å². The van der Waals surface area contributed by atoms with Crippen LogP contribution < -0.4 is 9.70 Å². The minimum Gasteiger partial charge on any atom is -0.461 e. The van der Waals surface area contributed by atoms with Gasteiger partial charge in [-0.3, -0.25) is 4.57 Å². The lowest BCUT2D eigenvalue weighted by Crippen LogP contribution is -2.23. The number of thiazole rings is 2. The Balaban J connectivity index is 1.63. The van der Waals surface area contributed by atoms with Gasteiger partial charge in [-0.05, 0) is 43.7 Å². The first-order valence-electron chi connectivity index (χ1n) is 14.1. The van der Waals surface area contributed by atoms with Gasteiger partial charge < -0.3 is 24.2 Å². The predicted octanol–water partition coefficient (Wildman–Crippen LogP) is 5.30. The number of anilines is 2. The van der Waals surface area contributed by atoms with Crippen LogP contribution in [0.4, 0.5) is 16.8 Å². The summed E-state index contributed by atoms with van der Waals surface area (Å²) in [6, 6.07) is 11.2. The number of nitrogens with zero attached hydrogens (tertiary/aromatic N) is 6. The van der Waals surface area contributed by atoms with Gasteiger partial charge >= 0.3 is 5.97 Å². The van der Waals surface area contributed by atoms with Crippen LogP contribution in [0, 0.1) is 6.92 Å². The van der Waals surface area contributed by atoms with Crippen molar-refractivity contribution in [2.24, 2.45) is 4.99 Å². The van der Waals surface area contributed by atoms with Crippen LogP contribution in [0.5, 0.6) is 0 Å². The van der Waals surface area contributed by atoms with E-state index in [0.717, 1.165) is 26.6 Å². The molecule has 0 saturated carbocycles. The number of aliphatic hydroxyl groups is 1. The fourth-order valence-electron chi connectivity index (χ4n) is 4.10. The maximum atomic E-state index is 12.6. The molecule has 1 N–H and O–H groups in total. The largest absolute Gasteiger partial charge is 0.461 e. The molecule has 0 saturated heterocycles. The van der Waals surface area contributed by atoms with Crippen LogP contribution in [0.1, 0.15) is 27.9 Å². The van der Waals surface area contributed by atoms with Crippen LogP contribution >= 0.6 is 22.7 Å². The van der Waals surface area contributed by atoms with Crippen LogP contribution in [0.25, 0.3) is 10.2 Å². The van der Waals surface area contributed by atoms with Gasteiger partial charge in [-0.1, -0.05) is 43.1 Å². The standard InChI is InChI=1S/C29H40N6O5S2Si/c1-8-40-27(37)25-23(16-20(17-36)38-4)42-28(30-25)34(3)24-15-19(2)26(33-32-24)31-29-35(18-39-13-14-43(5,6)7)21-11-9-10-12-22(21)41-29/h9-12,15,20,36H,8,13-14,16-18H2,1-7H3/b31-29-. The molecule has 14 heteroatoms. The van der Waals surface area contributed by atoms with Crippen molar-refractivity contribution in [1.82, 2.24) is 19.7 Å². The maximum absolute atomic E-state index is 12.6. The lowest BCUT2D eigenvalue weighted by atomic mass is 10.2. The van der Waals surface area contributed by atoms with Crippen molar-refractivity contribution in [3.8, 4) is 0 Å². The number of aliphatic hydroxyl groups excluding tert-OH is 1. The summed E-state index contributed by atoms with van der Waals surface area (Å²) in [6.45, 7) is 11.9. The van der Waals surface area contributed by atoms with Crippen molar-refractivity contribution in [1.29, 1.82) is 0 Å². The number of aromatic nitrogens is 4. The fourth-order valence-corrected chi connectivity index (χ4v) is 6.96. The second kappa shape index (κ2) is 14.6. The Kier molecular flexibility index (Phi) is 11.2. The number of para-hydroxylation sites is 1. The number of carbonyl (C=O) groups excluding carboxylic acids is 1. The molecule has 11 nitrogen and oxygen atoms in total. The van der Waals surface area contributed by atoms with Crippen molar-refractivity contribution < 1.29 is 24.1 Å². The van der Waals surface area contributed by atoms with Crippen molar-refractivity contribution in [3.63, 3.8) is 0 Å². The van der Waals surface area contributed by atoms with Gasteiger partial charge in [0.15, 0.2) is 27.3 Å². The highest BCUT2D eigenvalue weighted by molar-refractivity contribution is 7.16. The first-order valence-corrected chi connectivity index (χ1v) is 19.5. The Morgan fingerprint density at radius 3 is 2.65 bits per heavy atom. The number of aryl methyl sites for hydroxylation is 1. The number of carbonyl (C=O) groups is 1. The highest BCUT2D eigenvalue weighted by Crippen LogP contribution is 2.32. The summed E-state index contributed by atoms with van der Waals surface area (Å²) in [7, 11) is 2.14. The van der Waals surface area contributed by atoms with Crippen molar-refractivity contribution in [3.05, 3.63) is 51.3 Å². The van der Waals surface area contributed by atoms with Crippen LogP contribution in [0.3, 0.4) is 0 Å². The average Bonchev–Trinajstić information content (AvgIpc) is 3.55. The molecule has 1 unspecified atom stereocenters. The molecule has 3 aromatic heterocycles. The summed E-state index contributed by atoms with van der Waals surface area (Å²) in [4.78, 5) is 25.3. The monoisotopic (exact) mass is 644 g/mol. The third kappa shape index (κ3) is 8.34. The van der Waals surface area contributed by atoms with E-state index in [0.29, 0.717) is 41.4 Å².